The van der Waals surface area contributed by atoms with Crippen LogP contribution in [0.5, 0.6) is 0 Å². The third-order valence-corrected chi connectivity index (χ3v) is 5.39. The minimum Gasteiger partial charge on any atom is -0.483 e. The van der Waals surface area contributed by atoms with Gasteiger partial charge >= 0.3 is 0 Å². The number of rotatable bonds is 3. The Labute approximate surface area is 197 Å². The van der Waals surface area contributed by atoms with E-state index in [4.69, 9.17) is 24.5 Å². The van der Waals surface area contributed by atoms with Gasteiger partial charge in [-0.15, -0.1) is 0 Å². The van der Waals surface area contributed by atoms with Crippen molar-refractivity contribution in [3.8, 4) is 0 Å². The van der Waals surface area contributed by atoms with Crippen molar-refractivity contribution in [1.82, 2.24) is 20.1 Å². The molecule has 3 rings (SSSR count). The van der Waals surface area contributed by atoms with Gasteiger partial charge in [-0.25, -0.2) is 0 Å². The summed E-state index contributed by atoms with van der Waals surface area (Å²) in [5.41, 5.74) is 0.739. The van der Waals surface area contributed by atoms with Gasteiger partial charge in [0, 0.05) is 56.2 Å². The van der Waals surface area contributed by atoms with E-state index >= 15 is 0 Å². The number of aryl methyl sites for hydroxylation is 1. The van der Waals surface area contributed by atoms with Crippen LogP contribution in [0.25, 0.3) is 0 Å². The van der Waals surface area contributed by atoms with Gasteiger partial charge in [0.25, 0.3) is 18.9 Å². The molecule has 34 heavy (non-hydrogen) atoms. The largest absolute Gasteiger partial charge is 0.483 e. The molecule has 1 aromatic heterocycles. The number of carbonyl (C=O) groups is 4. The van der Waals surface area contributed by atoms with Crippen LogP contribution in [-0.2, 0) is 19.1 Å². The number of ether oxygens (including phenoxy) is 1. The molecule has 4 N–H and O–H groups in total. The van der Waals surface area contributed by atoms with Crippen LogP contribution >= 0.6 is 0 Å². The fourth-order valence-electron chi connectivity index (χ4n) is 4.04. The maximum atomic E-state index is 12.9. The topological polar surface area (TPSA) is 169 Å². The summed E-state index contributed by atoms with van der Waals surface area (Å²) in [5, 5.41) is 16.8. The van der Waals surface area contributed by atoms with Crippen molar-refractivity contribution in [2.45, 2.75) is 32.2 Å². The number of aromatic amines is 1. The van der Waals surface area contributed by atoms with Crippen LogP contribution in [0, 0.1) is 12.8 Å². The van der Waals surface area contributed by atoms with Crippen LogP contribution in [0.3, 0.4) is 0 Å². The summed E-state index contributed by atoms with van der Waals surface area (Å²) in [6.07, 6.45) is 2.35. The fourth-order valence-corrected chi connectivity index (χ4v) is 4.04. The minimum absolute atomic E-state index is 0.0534. The SMILES string of the molecule is Cc1cc(C(=O)N[C@H]2CC[C@@H](C(=O)N3CCCOCC3)CN(C)C2)cc(=O)[nH]1.O=CO.O=CO. The van der Waals surface area contributed by atoms with Gasteiger partial charge in [-0.1, -0.05) is 0 Å². The Kier molecular flexibility index (Phi) is 13.2. The Bertz CT molecular complexity index is 846. The summed E-state index contributed by atoms with van der Waals surface area (Å²) in [6.45, 7) is 5.34. The van der Waals surface area contributed by atoms with Crippen molar-refractivity contribution in [2.24, 2.45) is 5.92 Å². The van der Waals surface area contributed by atoms with E-state index in [-0.39, 0.29) is 42.3 Å². The van der Waals surface area contributed by atoms with E-state index < -0.39 is 0 Å². The number of hydrogen-bond acceptors (Lipinski definition) is 7. The van der Waals surface area contributed by atoms with E-state index in [0.29, 0.717) is 44.1 Å². The molecule has 12 heteroatoms. The summed E-state index contributed by atoms with van der Waals surface area (Å²) in [7, 11) is 1.98. The first-order valence-electron chi connectivity index (χ1n) is 11.0. The molecule has 0 unspecified atom stereocenters. The van der Waals surface area contributed by atoms with Crippen LogP contribution < -0.4 is 10.9 Å². The lowest BCUT2D eigenvalue weighted by Gasteiger charge is -2.26. The summed E-state index contributed by atoms with van der Waals surface area (Å²) in [6, 6.07) is 2.93. The third-order valence-electron chi connectivity index (χ3n) is 5.39. The van der Waals surface area contributed by atoms with Crippen molar-refractivity contribution in [2.75, 3.05) is 46.4 Å². The van der Waals surface area contributed by atoms with Crippen molar-refractivity contribution < 1.29 is 34.1 Å². The molecule has 3 heterocycles. The quantitative estimate of drug-likeness (QED) is 0.425. The van der Waals surface area contributed by atoms with Crippen molar-refractivity contribution in [3.63, 3.8) is 0 Å². The number of H-pyrrole nitrogens is 1. The highest BCUT2D eigenvalue weighted by Crippen LogP contribution is 2.19. The van der Waals surface area contributed by atoms with Crippen LogP contribution in [0.15, 0.2) is 16.9 Å². The second-order valence-electron chi connectivity index (χ2n) is 8.08. The van der Waals surface area contributed by atoms with Gasteiger partial charge in [-0.3, -0.25) is 24.0 Å². The molecule has 12 nitrogen and oxygen atoms in total. The summed E-state index contributed by atoms with van der Waals surface area (Å²) in [4.78, 5) is 60.5. The summed E-state index contributed by atoms with van der Waals surface area (Å²) >= 11 is 0. The average molecular weight is 483 g/mol. The fraction of sp³-hybridized carbons (Fsp3) is 0.591. The molecule has 0 bridgehead atoms. The lowest BCUT2D eigenvalue weighted by Crippen LogP contribution is -2.43. The zero-order chi connectivity index (χ0) is 25.5. The van der Waals surface area contributed by atoms with E-state index in [0.717, 1.165) is 25.8 Å². The van der Waals surface area contributed by atoms with E-state index in [1.807, 2.05) is 11.9 Å². The molecular formula is C22H34N4O8. The predicted octanol–water partition coefficient (Wildman–Crippen LogP) is -0.226. The lowest BCUT2D eigenvalue weighted by atomic mass is 10.00. The number of likely N-dealkylation sites (N-methyl/N-ethyl adjacent to an activating group) is 1. The van der Waals surface area contributed by atoms with E-state index in [2.05, 4.69) is 15.2 Å². The number of carbonyl (C=O) groups excluding carboxylic acids is 2. The zero-order valence-electron chi connectivity index (χ0n) is 19.6. The second kappa shape index (κ2) is 15.6. The second-order valence-corrected chi connectivity index (χ2v) is 8.08. The maximum Gasteiger partial charge on any atom is 0.290 e. The highest BCUT2D eigenvalue weighted by Gasteiger charge is 2.30. The summed E-state index contributed by atoms with van der Waals surface area (Å²) in [5.74, 6) is -0.122. The van der Waals surface area contributed by atoms with Crippen LogP contribution in [-0.4, -0.2) is 102 Å². The summed E-state index contributed by atoms with van der Waals surface area (Å²) < 4.78 is 5.45. The molecule has 0 radical (unpaired) electrons. The molecule has 2 amide bonds. The van der Waals surface area contributed by atoms with E-state index in [1.54, 1.807) is 13.0 Å². The third kappa shape index (κ3) is 10.1. The Morgan fingerprint density at radius 3 is 2.44 bits per heavy atom. The number of nitrogens with one attached hydrogen (secondary N) is 2. The van der Waals surface area contributed by atoms with Crippen LogP contribution in [0.4, 0.5) is 0 Å². The molecule has 0 aromatic carbocycles. The van der Waals surface area contributed by atoms with Gasteiger partial charge in [0.1, 0.15) is 0 Å². The van der Waals surface area contributed by atoms with Crippen molar-refractivity contribution in [3.05, 3.63) is 33.7 Å². The van der Waals surface area contributed by atoms with Gasteiger partial charge in [0.2, 0.25) is 11.5 Å². The highest BCUT2D eigenvalue weighted by atomic mass is 16.5. The first kappa shape index (κ1) is 28.8. The number of aromatic nitrogens is 1. The molecule has 2 fully saturated rings. The Morgan fingerprint density at radius 1 is 1.12 bits per heavy atom. The van der Waals surface area contributed by atoms with Gasteiger partial charge in [0.05, 0.1) is 12.5 Å². The molecule has 2 aliphatic heterocycles. The number of carboxylic acid groups (broad SMARTS) is 2. The van der Waals surface area contributed by atoms with Gasteiger partial charge in [-0.2, -0.15) is 0 Å². The van der Waals surface area contributed by atoms with Gasteiger partial charge in [0.15, 0.2) is 0 Å². The molecule has 1 aromatic rings. The first-order valence-corrected chi connectivity index (χ1v) is 11.0. The molecule has 190 valence electrons. The molecule has 0 saturated carbocycles. The van der Waals surface area contributed by atoms with E-state index in [1.165, 1.54) is 6.07 Å². The van der Waals surface area contributed by atoms with Crippen molar-refractivity contribution >= 4 is 24.8 Å². The molecule has 0 spiro atoms. The monoisotopic (exact) mass is 482 g/mol. The standard InChI is InChI=1S/C20H30N4O4.2CH2O2/c1-14-10-16(11-18(25)21-14)19(26)22-17-5-4-15(12-23(2)13-17)20(27)24-6-3-8-28-9-7-24;2*2-1-3/h10-11,15,17H,3-9,12-13H2,1-2H3,(H,21,25)(H,22,26);2*1H,(H,2,3)/t15-,17+;;/m1../s1. The number of nitrogens with zero attached hydrogens (tertiary/aromatic N) is 2. The molecule has 2 aliphatic rings. The predicted molar refractivity (Wildman–Crippen MR) is 123 cm³/mol. The minimum atomic E-state index is -0.282. The number of pyridine rings is 1. The molecule has 2 atom stereocenters. The van der Waals surface area contributed by atoms with Gasteiger partial charge in [-0.05, 0) is 39.3 Å². The zero-order valence-corrected chi connectivity index (χ0v) is 19.6. The molecule has 0 aliphatic carbocycles. The Hall–Kier alpha value is -3.25. The smallest absolute Gasteiger partial charge is 0.290 e. The first-order chi connectivity index (χ1) is 16.2. The Morgan fingerprint density at radius 2 is 1.79 bits per heavy atom. The highest BCUT2D eigenvalue weighted by molar-refractivity contribution is 5.94. The maximum absolute atomic E-state index is 12.9. The number of hydrogen-bond donors (Lipinski definition) is 4. The average Bonchev–Trinajstić information content (AvgIpc) is 3.15. The Balaban J connectivity index is 0.000000872. The van der Waals surface area contributed by atoms with Crippen LogP contribution in [0.1, 0.15) is 35.3 Å². The van der Waals surface area contributed by atoms with Crippen molar-refractivity contribution in [1.29, 1.82) is 0 Å². The van der Waals surface area contributed by atoms with E-state index in [9.17, 15) is 14.4 Å². The van der Waals surface area contributed by atoms with Gasteiger partial charge < -0.3 is 35.1 Å². The molecular weight excluding hydrogens is 448 g/mol. The number of likely N-dealkylation sites (tertiary alicyclic amines) is 1. The molecule has 2 saturated heterocycles. The van der Waals surface area contributed by atoms with Crippen LogP contribution in [0.2, 0.25) is 0 Å². The normalized spacial score (nSPS) is 20.7. The lowest BCUT2D eigenvalue weighted by molar-refractivity contribution is -0.136. The number of amides is 2.